The maximum Gasteiger partial charge on any atom is 0.270 e. The van der Waals surface area contributed by atoms with Crippen molar-refractivity contribution in [3.8, 4) is 5.75 Å². The number of para-hydroxylation sites is 1. The zero-order chi connectivity index (χ0) is 32.4. The second kappa shape index (κ2) is 16.2. The zero-order valence-electron chi connectivity index (χ0n) is 27.5. The summed E-state index contributed by atoms with van der Waals surface area (Å²) in [5, 5.41) is 12.1. The van der Waals surface area contributed by atoms with E-state index in [0.29, 0.717) is 97.0 Å². The minimum atomic E-state index is -0.783. The molecule has 11 nitrogen and oxygen atoms in total. The largest absolute Gasteiger partial charge is 0.462 e. The molecule has 2 aromatic rings. The molecule has 1 fully saturated rings. The van der Waals surface area contributed by atoms with E-state index in [1.807, 2.05) is 6.08 Å². The normalized spacial score (nSPS) is 23.2. The molecule has 0 bridgehead atoms. The molecule has 0 amide bonds. The zero-order valence-corrected chi connectivity index (χ0v) is 27.5. The number of unbranched alkanes of at least 4 members (excludes halogenated alkanes) is 1. The third kappa shape index (κ3) is 7.73. The molecule has 0 aromatic heterocycles. The molecule has 3 aliphatic heterocycles. The fourth-order valence-electron chi connectivity index (χ4n) is 6.47. The number of non-ortho nitro benzene ring substituents is 1. The fourth-order valence-corrected chi connectivity index (χ4v) is 6.47. The number of nitro groups is 1. The number of nitrogens with zero attached hydrogens (tertiary/aromatic N) is 3. The van der Waals surface area contributed by atoms with Gasteiger partial charge in [-0.3, -0.25) is 15.0 Å². The standard InChI is InChI=1S/C35H49N3O8/c1-4-5-12-37-32-9-7-6-8-31(32)34(2,3)35(37)11-10-28-25-30(38(39)40)26-29(33(28)46-35)27-36-13-15-41-17-19-43-21-23-45-24-22-44-20-18-42-16-14-36/h6-11,25-26H,4-5,12-24,27H2,1-3H3. The number of ether oxygens (including phenoxy) is 6. The molecule has 3 heterocycles. The van der Waals surface area contributed by atoms with E-state index in [4.69, 9.17) is 28.4 Å². The number of nitro benzene ring substituents is 1. The molecule has 2 aromatic carbocycles. The molecular formula is C35H49N3O8. The first-order valence-corrected chi connectivity index (χ1v) is 16.5. The van der Waals surface area contributed by atoms with E-state index < -0.39 is 5.72 Å². The smallest absolute Gasteiger partial charge is 0.270 e. The van der Waals surface area contributed by atoms with Gasteiger partial charge in [0, 0.05) is 55.1 Å². The van der Waals surface area contributed by atoms with Gasteiger partial charge >= 0.3 is 0 Å². The van der Waals surface area contributed by atoms with Crippen molar-refractivity contribution in [3.63, 3.8) is 0 Å². The molecule has 11 heteroatoms. The van der Waals surface area contributed by atoms with Crippen LogP contribution in [0.2, 0.25) is 0 Å². The summed E-state index contributed by atoms with van der Waals surface area (Å²) in [4.78, 5) is 16.3. The van der Waals surface area contributed by atoms with Gasteiger partial charge in [-0.25, -0.2) is 0 Å². The second-order valence-corrected chi connectivity index (χ2v) is 12.4. The van der Waals surface area contributed by atoms with Gasteiger partial charge in [0.2, 0.25) is 5.72 Å². The number of anilines is 1. The van der Waals surface area contributed by atoms with E-state index in [2.05, 4.69) is 60.9 Å². The molecule has 0 saturated carbocycles. The minimum absolute atomic E-state index is 0.0434. The Kier molecular flexibility index (Phi) is 12.0. The molecule has 0 N–H and O–H groups in total. The summed E-state index contributed by atoms with van der Waals surface area (Å²) in [6, 6.07) is 11.8. The van der Waals surface area contributed by atoms with E-state index >= 15 is 0 Å². The van der Waals surface area contributed by atoms with Crippen LogP contribution in [0.4, 0.5) is 11.4 Å². The molecule has 0 aliphatic carbocycles. The first kappa shape index (κ1) is 34.3. The fraction of sp³-hybridized carbons (Fsp3) is 0.600. The molecule has 5 rings (SSSR count). The highest BCUT2D eigenvalue weighted by Gasteiger charge is 2.58. The van der Waals surface area contributed by atoms with Crippen LogP contribution in [-0.2, 0) is 35.6 Å². The van der Waals surface area contributed by atoms with Gasteiger partial charge in [-0.15, -0.1) is 0 Å². The van der Waals surface area contributed by atoms with Crippen LogP contribution in [0.15, 0.2) is 42.5 Å². The highest BCUT2D eigenvalue weighted by atomic mass is 16.6. The van der Waals surface area contributed by atoms with Gasteiger partial charge in [0.25, 0.3) is 5.69 Å². The van der Waals surface area contributed by atoms with Crippen molar-refractivity contribution < 1.29 is 33.3 Å². The second-order valence-electron chi connectivity index (χ2n) is 12.4. The van der Waals surface area contributed by atoms with Crippen LogP contribution < -0.4 is 9.64 Å². The van der Waals surface area contributed by atoms with E-state index in [0.717, 1.165) is 24.9 Å². The van der Waals surface area contributed by atoms with Gasteiger partial charge < -0.3 is 33.3 Å². The third-order valence-electron chi connectivity index (χ3n) is 9.02. The molecule has 3 aliphatic rings. The lowest BCUT2D eigenvalue weighted by molar-refractivity contribution is -0.385. The first-order valence-electron chi connectivity index (χ1n) is 16.5. The van der Waals surface area contributed by atoms with Crippen molar-refractivity contribution in [2.75, 3.05) is 90.6 Å². The first-order chi connectivity index (χ1) is 22.4. The number of hydrogen-bond donors (Lipinski definition) is 0. The predicted molar refractivity (Wildman–Crippen MR) is 177 cm³/mol. The van der Waals surface area contributed by atoms with E-state index in [-0.39, 0.29) is 16.0 Å². The van der Waals surface area contributed by atoms with Crippen LogP contribution >= 0.6 is 0 Å². The monoisotopic (exact) mass is 639 g/mol. The van der Waals surface area contributed by atoms with Gasteiger partial charge in [0.05, 0.1) is 76.4 Å². The Morgan fingerprint density at radius 2 is 1.43 bits per heavy atom. The van der Waals surface area contributed by atoms with Crippen LogP contribution in [0.5, 0.6) is 5.75 Å². The lowest BCUT2D eigenvalue weighted by Crippen LogP contribution is -2.59. The lowest BCUT2D eigenvalue weighted by Gasteiger charge is -2.47. The van der Waals surface area contributed by atoms with Crippen LogP contribution in [0.25, 0.3) is 6.08 Å². The maximum absolute atomic E-state index is 12.1. The topological polar surface area (TPSA) is 105 Å². The Labute approximate surface area is 272 Å². The Morgan fingerprint density at radius 3 is 2.02 bits per heavy atom. The van der Waals surface area contributed by atoms with E-state index in [1.165, 1.54) is 11.3 Å². The Morgan fingerprint density at radius 1 is 0.848 bits per heavy atom. The quantitative estimate of drug-likeness (QED) is 0.310. The molecule has 0 radical (unpaired) electrons. The van der Waals surface area contributed by atoms with E-state index in [9.17, 15) is 10.1 Å². The summed E-state index contributed by atoms with van der Waals surface area (Å²) < 4.78 is 35.7. The summed E-state index contributed by atoms with van der Waals surface area (Å²) in [6.07, 6.45) is 6.19. The van der Waals surface area contributed by atoms with Crippen molar-refractivity contribution in [1.82, 2.24) is 4.90 Å². The molecule has 1 spiro atoms. The predicted octanol–water partition coefficient (Wildman–Crippen LogP) is 5.19. The third-order valence-corrected chi connectivity index (χ3v) is 9.02. The Bertz CT molecular complexity index is 1320. The van der Waals surface area contributed by atoms with Crippen molar-refractivity contribution in [1.29, 1.82) is 0 Å². The van der Waals surface area contributed by atoms with Gasteiger partial charge in [-0.05, 0) is 44.1 Å². The summed E-state index contributed by atoms with van der Waals surface area (Å²) in [6.45, 7) is 14.0. The van der Waals surface area contributed by atoms with Gasteiger partial charge in [0.15, 0.2) is 0 Å². The number of fused-ring (bicyclic) bond motifs is 2. The van der Waals surface area contributed by atoms with Crippen molar-refractivity contribution in [2.45, 2.75) is 51.3 Å². The number of benzene rings is 2. The molecule has 252 valence electrons. The maximum atomic E-state index is 12.1. The molecule has 1 saturated heterocycles. The summed E-state index contributed by atoms with van der Waals surface area (Å²) in [7, 11) is 0. The number of rotatable bonds is 6. The van der Waals surface area contributed by atoms with Crippen LogP contribution in [0.1, 0.15) is 50.3 Å². The minimum Gasteiger partial charge on any atom is -0.462 e. The Balaban J connectivity index is 1.41. The van der Waals surface area contributed by atoms with Crippen LogP contribution in [-0.4, -0.2) is 101 Å². The Hall–Kier alpha value is -3.06. The molecule has 1 atom stereocenters. The van der Waals surface area contributed by atoms with Gasteiger partial charge in [-0.1, -0.05) is 31.5 Å². The van der Waals surface area contributed by atoms with Crippen LogP contribution in [0.3, 0.4) is 0 Å². The van der Waals surface area contributed by atoms with E-state index in [1.54, 1.807) is 12.1 Å². The van der Waals surface area contributed by atoms with Crippen molar-refractivity contribution >= 4 is 17.5 Å². The van der Waals surface area contributed by atoms with Crippen molar-refractivity contribution in [2.24, 2.45) is 0 Å². The van der Waals surface area contributed by atoms with Gasteiger partial charge in [0.1, 0.15) is 5.75 Å². The highest BCUT2D eigenvalue weighted by Crippen LogP contribution is 2.55. The average Bonchev–Trinajstić information content (AvgIpc) is 3.22. The summed E-state index contributed by atoms with van der Waals surface area (Å²) >= 11 is 0. The molecular weight excluding hydrogens is 590 g/mol. The average molecular weight is 640 g/mol. The van der Waals surface area contributed by atoms with Crippen LogP contribution in [0, 0.1) is 10.1 Å². The summed E-state index contributed by atoms with van der Waals surface area (Å²) in [5.74, 6) is 0.681. The lowest BCUT2D eigenvalue weighted by atomic mass is 9.76. The SMILES string of the molecule is CCCCN1c2ccccc2C(C)(C)C12C=Cc1cc([N+](=O)[O-])cc(CN3CCOCCOCCOCCOCCOCC3)c1O2. The molecule has 1 unspecified atom stereocenters. The van der Waals surface area contributed by atoms with Gasteiger partial charge in [-0.2, -0.15) is 0 Å². The molecule has 46 heavy (non-hydrogen) atoms. The highest BCUT2D eigenvalue weighted by molar-refractivity contribution is 5.74. The number of hydrogen-bond acceptors (Lipinski definition) is 10. The van der Waals surface area contributed by atoms with Crippen molar-refractivity contribution in [3.05, 3.63) is 69.3 Å². The summed E-state index contributed by atoms with van der Waals surface area (Å²) in [5.41, 5.74) is 2.75.